The number of nitrogens with zero attached hydrogens (tertiary/aromatic N) is 5. The Bertz CT molecular complexity index is 1790. The first-order valence-corrected chi connectivity index (χ1v) is 17.7. The maximum Gasteiger partial charge on any atom is 0.415 e. The summed E-state index contributed by atoms with van der Waals surface area (Å²) in [6, 6.07) is 13.1. The predicted octanol–water partition coefficient (Wildman–Crippen LogP) is 5.83. The van der Waals surface area contributed by atoms with Crippen LogP contribution in [0.4, 0.5) is 16.2 Å². The quantitative estimate of drug-likeness (QED) is 0.217. The molecule has 11 nitrogen and oxygen atoms in total. The zero-order chi connectivity index (χ0) is 34.1. The number of amides is 3. The SMILES string of the molecule is COc1cc2c(cc1OCCCC(=O)N1C[C@@H](CCl)c3c1cc(OC(=O)N1CCN(C)CC1)c1ccccc31)N=CC1CCCCN1C2=O. The molecule has 3 amide bonds. The Morgan fingerprint density at radius 1 is 0.980 bits per heavy atom. The molecule has 0 radical (unpaired) electrons. The van der Waals surface area contributed by atoms with Gasteiger partial charge in [-0.2, -0.15) is 0 Å². The van der Waals surface area contributed by atoms with Gasteiger partial charge >= 0.3 is 6.09 Å². The zero-order valence-electron chi connectivity index (χ0n) is 28.0. The number of hydrogen-bond acceptors (Lipinski definition) is 8. The first-order chi connectivity index (χ1) is 23.9. The molecular formula is C37H42ClN5O6. The highest BCUT2D eigenvalue weighted by Crippen LogP contribution is 2.46. The van der Waals surface area contributed by atoms with Crippen LogP contribution in [0.2, 0.25) is 0 Å². The normalized spacial score (nSPS) is 20.5. The lowest BCUT2D eigenvalue weighted by Crippen LogP contribution is -2.48. The van der Waals surface area contributed by atoms with Crippen molar-refractivity contribution in [3.05, 3.63) is 53.6 Å². The third-order valence-corrected chi connectivity index (χ3v) is 10.4. The minimum atomic E-state index is -0.390. The van der Waals surface area contributed by atoms with E-state index in [9.17, 15) is 14.4 Å². The number of aliphatic imine (C=N–C) groups is 1. The van der Waals surface area contributed by atoms with Crippen LogP contribution in [-0.4, -0.2) is 111 Å². The summed E-state index contributed by atoms with van der Waals surface area (Å²) in [7, 11) is 3.58. The lowest BCUT2D eigenvalue weighted by atomic mass is 9.95. The van der Waals surface area contributed by atoms with Crippen LogP contribution in [0.25, 0.3) is 10.8 Å². The number of carbonyl (C=O) groups excluding carboxylic acids is 3. The summed E-state index contributed by atoms with van der Waals surface area (Å²) >= 11 is 6.47. The van der Waals surface area contributed by atoms with E-state index in [2.05, 4.69) is 9.89 Å². The minimum absolute atomic E-state index is 0.00205. The van der Waals surface area contributed by atoms with Crippen molar-refractivity contribution >= 4 is 57.9 Å². The average Bonchev–Trinajstić information content (AvgIpc) is 3.45. The van der Waals surface area contributed by atoms with Crippen LogP contribution in [0.1, 0.15) is 53.9 Å². The number of ether oxygens (including phenoxy) is 3. The highest BCUT2D eigenvalue weighted by Gasteiger charge is 2.35. The fourth-order valence-corrected chi connectivity index (χ4v) is 7.58. The Hall–Kier alpha value is -4.35. The second kappa shape index (κ2) is 14.2. The monoisotopic (exact) mass is 687 g/mol. The second-order valence-electron chi connectivity index (χ2n) is 13.2. The van der Waals surface area contributed by atoms with E-state index in [0.717, 1.165) is 60.9 Å². The molecule has 4 heterocycles. The van der Waals surface area contributed by atoms with Gasteiger partial charge in [0.25, 0.3) is 5.91 Å². The van der Waals surface area contributed by atoms with Crippen LogP contribution in [0.5, 0.6) is 17.2 Å². The maximum atomic E-state index is 13.8. The summed E-state index contributed by atoms with van der Waals surface area (Å²) < 4.78 is 17.7. The molecule has 0 saturated carbocycles. The van der Waals surface area contributed by atoms with Crippen molar-refractivity contribution < 1.29 is 28.6 Å². The van der Waals surface area contributed by atoms with Gasteiger partial charge in [0.1, 0.15) is 5.75 Å². The molecular weight excluding hydrogens is 646 g/mol. The van der Waals surface area contributed by atoms with Crippen molar-refractivity contribution in [3.8, 4) is 17.2 Å². The Morgan fingerprint density at radius 2 is 1.78 bits per heavy atom. The topological polar surface area (TPSA) is 104 Å². The number of piperazine rings is 1. The number of benzene rings is 3. The maximum absolute atomic E-state index is 13.8. The van der Waals surface area contributed by atoms with Crippen LogP contribution in [0.3, 0.4) is 0 Å². The van der Waals surface area contributed by atoms with Gasteiger partial charge in [-0.05, 0) is 49.7 Å². The lowest BCUT2D eigenvalue weighted by molar-refractivity contribution is -0.118. The average molecular weight is 688 g/mol. The van der Waals surface area contributed by atoms with E-state index in [4.69, 9.17) is 25.8 Å². The number of anilines is 1. The fourth-order valence-electron chi connectivity index (χ4n) is 7.33. The molecule has 1 unspecified atom stereocenters. The molecule has 0 N–H and O–H groups in total. The van der Waals surface area contributed by atoms with Gasteiger partial charge in [-0.3, -0.25) is 14.6 Å². The van der Waals surface area contributed by atoms with Crippen LogP contribution < -0.4 is 19.1 Å². The van der Waals surface area contributed by atoms with Gasteiger partial charge in [0.2, 0.25) is 5.91 Å². The molecule has 4 aliphatic rings. The molecule has 7 rings (SSSR count). The minimum Gasteiger partial charge on any atom is -0.493 e. The number of likely N-dealkylation sites (N-methyl/N-ethyl adjacent to an activating group) is 1. The third kappa shape index (κ3) is 6.53. The summed E-state index contributed by atoms with van der Waals surface area (Å²) in [5, 5.41) is 1.75. The molecule has 0 aromatic heterocycles. The van der Waals surface area contributed by atoms with Crippen molar-refractivity contribution in [1.29, 1.82) is 0 Å². The number of fused-ring (bicyclic) bond motifs is 5. The van der Waals surface area contributed by atoms with Crippen LogP contribution >= 0.6 is 11.6 Å². The van der Waals surface area contributed by atoms with Gasteiger partial charge < -0.3 is 33.8 Å². The van der Waals surface area contributed by atoms with E-state index in [1.54, 1.807) is 29.0 Å². The van der Waals surface area contributed by atoms with Gasteiger partial charge in [0, 0.05) is 81.2 Å². The second-order valence-corrected chi connectivity index (χ2v) is 13.5. The Morgan fingerprint density at radius 3 is 2.55 bits per heavy atom. The Balaban J connectivity index is 1.06. The number of hydrogen-bond donors (Lipinski definition) is 0. The first-order valence-electron chi connectivity index (χ1n) is 17.1. The molecule has 0 spiro atoms. The van der Waals surface area contributed by atoms with Gasteiger partial charge in [-0.1, -0.05) is 24.3 Å². The van der Waals surface area contributed by atoms with Crippen LogP contribution in [-0.2, 0) is 4.79 Å². The van der Waals surface area contributed by atoms with E-state index in [0.29, 0.717) is 60.4 Å². The molecule has 258 valence electrons. The molecule has 2 atom stereocenters. The summed E-state index contributed by atoms with van der Waals surface area (Å²) in [4.78, 5) is 52.5. The number of piperidine rings is 1. The fraction of sp³-hybridized carbons (Fsp3) is 0.459. The highest BCUT2D eigenvalue weighted by atomic mass is 35.5. The van der Waals surface area contributed by atoms with Gasteiger partial charge in [0.05, 0.1) is 36.7 Å². The third-order valence-electron chi connectivity index (χ3n) is 10.1. The molecule has 3 aromatic rings. The zero-order valence-corrected chi connectivity index (χ0v) is 28.8. The predicted molar refractivity (Wildman–Crippen MR) is 189 cm³/mol. The molecule has 0 aliphatic carbocycles. The van der Waals surface area contributed by atoms with Gasteiger partial charge in [-0.15, -0.1) is 11.6 Å². The summed E-state index contributed by atoms with van der Waals surface area (Å²) in [5.41, 5.74) is 2.78. The van der Waals surface area contributed by atoms with E-state index in [1.165, 1.54) is 0 Å². The smallest absolute Gasteiger partial charge is 0.415 e. The van der Waals surface area contributed by atoms with Gasteiger partial charge in [-0.25, -0.2) is 4.79 Å². The van der Waals surface area contributed by atoms with Crippen LogP contribution in [0.15, 0.2) is 47.5 Å². The van der Waals surface area contributed by atoms with E-state index >= 15 is 0 Å². The molecule has 49 heavy (non-hydrogen) atoms. The molecule has 3 aromatic carbocycles. The molecule has 12 heteroatoms. The largest absolute Gasteiger partial charge is 0.493 e. The summed E-state index contributed by atoms with van der Waals surface area (Å²) in [6.07, 6.45) is 5.13. The number of methoxy groups -OCH3 is 1. The number of carbonyl (C=O) groups is 3. The van der Waals surface area contributed by atoms with Crippen molar-refractivity contribution in [2.45, 2.75) is 44.1 Å². The Labute approximate surface area is 291 Å². The van der Waals surface area contributed by atoms with Crippen molar-refractivity contribution in [3.63, 3.8) is 0 Å². The number of alkyl halides is 1. The van der Waals surface area contributed by atoms with E-state index < -0.39 is 0 Å². The van der Waals surface area contributed by atoms with Crippen molar-refractivity contribution in [2.24, 2.45) is 4.99 Å². The molecule has 4 aliphatic heterocycles. The first kappa shape index (κ1) is 33.2. The molecule has 2 saturated heterocycles. The van der Waals surface area contributed by atoms with Crippen LogP contribution in [0, 0.1) is 0 Å². The van der Waals surface area contributed by atoms with Crippen molar-refractivity contribution in [1.82, 2.24) is 14.7 Å². The molecule has 2 fully saturated rings. The number of rotatable bonds is 8. The summed E-state index contributed by atoms with van der Waals surface area (Å²) in [6.45, 7) is 4.20. The van der Waals surface area contributed by atoms with E-state index in [-0.39, 0.29) is 42.9 Å². The Kier molecular flexibility index (Phi) is 9.64. The van der Waals surface area contributed by atoms with Gasteiger partial charge in [0.15, 0.2) is 11.5 Å². The van der Waals surface area contributed by atoms with E-state index in [1.807, 2.05) is 48.5 Å². The standard InChI is InChI=1S/C37H42ClN5O6/c1-40-13-15-41(16-14-40)37(46)49-31-20-30-35(27-10-4-3-9-26(27)31)24(21-38)23-43(30)34(44)11-7-17-48-33-19-29-28(18-32(33)47-2)36(45)42-12-6-5-8-25(42)22-39-29/h3-4,9-10,18-20,22,24-25H,5-8,11-17,21,23H2,1-2H3/t24-,25?/m1/s1. The number of halogens is 1. The molecule has 0 bridgehead atoms. The summed E-state index contributed by atoms with van der Waals surface area (Å²) in [5.74, 6) is 1.55. The lowest BCUT2D eigenvalue weighted by Gasteiger charge is -2.32. The van der Waals surface area contributed by atoms with Crippen molar-refractivity contribution in [2.75, 3.05) is 70.8 Å². The highest BCUT2D eigenvalue weighted by molar-refractivity contribution is 6.19.